The number of nitrogens with zero attached hydrogens (tertiary/aromatic N) is 4. The molecule has 0 amide bonds. The van der Waals surface area contributed by atoms with E-state index in [9.17, 15) is 9.36 Å². The predicted octanol–water partition coefficient (Wildman–Crippen LogP) is 2.92. The maximum atomic E-state index is 12.5. The van der Waals surface area contributed by atoms with E-state index in [1.165, 1.54) is 13.3 Å². The summed E-state index contributed by atoms with van der Waals surface area (Å²) in [7, 11) is -4.13. The van der Waals surface area contributed by atoms with Crippen molar-refractivity contribution in [1.82, 2.24) is 25.0 Å². The number of nitrogens with one attached hydrogen (secondary N) is 1. The number of carbonyl (C=O) groups is 1. The van der Waals surface area contributed by atoms with Crippen LogP contribution in [-0.2, 0) is 29.9 Å². The number of imidazole rings is 1. The molecule has 0 fully saturated rings. The molecule has 5 N–H and O–H groups in total. The van der Waals surface area contributed by atoms with Crippen molar-refractivity contribution >= 4 is 42.3 Å². The maximum absolute atomic E-state index is 12.5. The van der Waals surface area contributed by atoms with Crippen LogP contribution in [0.1, 0.15) is 24.9 Å². The molecule has 14 heteroatoms. The van der Waals surface area contributed by atoms with Crippen LogP contribution in [0.15, 0.2) is 49.1 Å². The van der Waals surface area contributed by atoms with Gasteiger partial charge in [0.1, 0.15) is 17.9 Å². The summed E-state index contributed by atoms with van der Waals surface area (Å²) >= 11 is 5.84. The molecular formula is C21H25ClN7O5P. The fourth-order valence-electron chi connectivity index (χ4n) is 3.50. The van der Waals surface area contributed by atoms with Gasteiger partial charge in [-0.05, 0) is 31.0 Å². The molecule has 0 saturated carbocycles. The summed E-state index contributed by atoms with van der Waals surface area (Å²) in [6.07, 6.45) is 7.53. The van der Waals surface area contributed by atoms with E-state index < -0.39 is 19.8 Å². The number of hydrogen-bond acceptors (Lipinski definition) is 10. The number of fused-ring (bicyclic) bond motifs is 1. The van der Waals surface area contributed by atoms with Crippen LogP contribution < -0.4 is 16.7 Å². The quantitative estimate of drug-likeness (QED) is 0.203. The zero-order chi connectivity index (χ0) is 25.0. The first-order chi connectivity index (χ1) is 16.7. The molecule has 4 atom stereocenters. The summed E-state index contributed by atoms with van der Waals surface area (Å²) in [4.78, 5) is 30.0. The summed E-state index contributed by atoms with van der Waals surface area (Å²) in [5.41, 5.74) is 16.0. The second-order valence-electron chi connectivity index (χ2n) is 8.03. The van der Waals surface area contributed by atoms with Crippen LogP contribution >= 0.6 is 19.3 Å². The summed E-state index contributed by atoms with van der Waals surface area (Å²) < 4.78 is 24.5. The highest BCUT2D eigenvalue weighted by atomic mass is 35.5. The van der Waals surface area contributed by atoms with E-state index in [-0.39, 0.29) is 25.2 Å². The lowest BCUT2D eigenvalue weighted by molar-refractivity contribution is -0.141. The lowest BCUT2D eigenvalue weighted by Gasteiger charge is -2.19. The van der Waals surface area contributed by atoms with Crippen LogP contribution in [0.4, 0.5) is 5.82 Å². The fraction of sp³-hybridized carbons (Fsp3) is 0.333. The van der Waals surface area contributed by atoms with Gasteiger partial charge in [0.25, 0.3) is 0 Å². The Morgan fingerprint density at radius 1 is 1.29 bits per heavy atom. The van der Waals surface area contributed by atoms with Crippen LogP contribution in [0.3, 0.4) is 0 Å². The Hall–Kier alpha value is -2.86. The molecule has 0 saturated heterocycles. The number of benzene rings is 1. The molecule has 0 bridgehead atoms. The number of allylic oxidation sites excluding steroid dienone is 1. The van der Waals surface area contributed by atoms with Crippen molar-refractivity contribution in [3.8, 4) is 0 Å². The monoisotopic (exact) mass is 521 g/mol. The highest BCUT2D eigenvalue weighted by Gasteiger charge is 2.30. The number of halogens is 1. The third-order valence-corrected chi connectivity index (χ3v) is 6.54. The Balaban J connectivity index is 1.22. The van der Waals surface area contributed by atoms with Crippen molar-refractivity contribution in [2.24, 2.45) is 11.4 Å². The minimum atomic E-state index is -4.13. The Labute approximate surface area is 206 Å². The first kappa shape index (κ1) is 25.2. The molecule has 4 rings (SSSR count). The Morgan fingerprint density at radius 2 is 2.06 bits per heavy atom. The lowest BCUT2D eigenvalue weighted by Crippen LogP contribution is -2.35. The number of rotatable bonds is 10. The van der Waals surface area contributed by atoms with Gasteiger partial charge in [-0.3, -0.25) is 9.36 Å². The fourth-order valence-corrected chi connectivity index (χ4v) is 4.49. The zero-order valence-corrected chi connectivity index (χ0v) is 20.4. The van der Waals surface area contributed by atoms with Gasteiger partial charge in [0, 0.05) is 10.9 Å². The first-order valence-corrected chi connectivity index (χ1v) is 12.7. The molecule has 1 aliphatic rings. The highest BCUT2D eigenvalue weighted by Crippen LogP contribution is 2.41. The Bertz CT molecular complexity index is 1270. The number of anilines is 1. The molecule has 0 radical (unpaired) electrons. The zero-order valence-electron chi connectivity index (χ0n) is 18.8. The second-order valence-corrected chi connectivity index (χ2v) is 9.99. The standard InChI is InChI=1S/C21H25ClN7O5P/c1-13(28-32-9-14-2-5-16(22)6-3-14)21(30)34-35(24,31)33-10-15-4-7-17(8-15)29-12-27-18-19(23)25-11-26-20(18)29/h2-7,11-13,15,17,28H,8-10H2,1H3,(H2,24,31)(H2,23,25,26)/t13-,15-,17+,35?/m0/s1. The van der Waals surface area contributed by atoms with Crippen molar-refractivity contribution in [3.05, 3.63) is 59.7 Å². The van der Waals surface area contributed by atoms with Gasteiger partial charge < -0.3 is 14.8 Å². The molecule has 1 aliphatic carbocycles. The van der Waals surface area contributed by atoms with E-state index in [1.54, 1.807) is 30.6 Å². The van der Waals surface area contributed by atoms with E-state index in [1.807, 2.05) is 16.7 Å². The van der Waals surface area contributed by atoms with Gasteiger partial charge in [0.15, 0.2) is 11.5 Å². The molecule has 0 aliphatic heterocycles. The number of aromatic nitrogens is 4. The third-order valence-electron chi connectivity index (χ3n) is 5.35. The SMILES string of the molecule is C[C@H](NOCc1ccc(Cl)cc1)C(=O)OP(N)(=O)OC[C@H]1C=C[C@@H](n2cnc3c(N)ncnc32)C1. The van der Waals surface area contributed by atoms with E-state index in [4.69, 9.17) is 36.7 Å². The van der Waals surface area contributed by atoms with Crippen LogP contribution in [-0.4, -0.2) is 38.1 Å². The summed E-state index contributed by atoms with van der Waals surface area (Å²) in [6, 6.07) is 6.05. The molecule has 2 aromatic heterocycles. The molecule has 186 valence electrons. The normalized spacial score (nSPS) is 20.1. The smallest absolute Gasteiger partial charge is 0.382 e. The topological polar surface area (TPSA) is 170 Å². The largest absolute Gasteiger partial charge is 0.458 e. The van der Waals surface area contributed by atoms with Crippen molar-refractivity contribution in [3.63, 3.8) is 0 Å². The van der Waals surface area contributed by atoms with Gasteiger partial charge >= 0.3 is 13.7 Å². The third kappa shape index (κ3) is 6.43. The minimum Gasteiger partial charge on any atom is -0.382 e. The van der Waals surface area contributed by atoms with Gasteiger partial charge in [-0.25, -0.2) is 29.8 Å². The number of carbonyl (C=O) groups excluding carboxylic acids is 1. The van der Waals surface area contributed by atoms with Crippen molar-refractivity contribution in [2.75, 3.05) is 12.3 Å². The van der Waals surface area contributed by atoms with Crippen LogP contribution in [0.5, 0.6) is 0 Å². The van der Waals surface area contributed by atoms with E-state index in [0.717, 1.165) is 5.56 Å². The summed E-state index contributed by atoms with van der Waals surface area (Å²) in [6.45, 7) is 1.68. The molecule has 35 heavy (non-hydrogen) atoms. The predicted molar refractivity (Wildman–Crippen MR) is 129 cm³/mol. The van der Waals surface area contributed by atoms with Gasteiger partial charge in [0.2, 0.25) is 0 Å². The van der Waals surface area contributed by atoms with Crippen LogP contribution in [0.25, 0.3) is 11.2 Å². The maximum Gasteiger partial charge on any atom is 0.458 e. The van der Waals surface area contributed by atoms with Crippen LogP contribution in [0, 0.1) is 5.92 Å². The first-order valence-electron chi connectivity index (χ1n) is 10.7. The Kier molecular flexibility index (Phi) is 7.80. The molecular weight excluding hydrogens is 497 g/mol. The van der Waals surface area contributed by atoms with Crippen molar-refractivity contribution in [2.45, 2.75) is 32.0 Å². The number of nitrogens with two attached hydrogens (primary N) is 2. The summed E-state index contributed by atoms with van der Waals surface area (Å²) in [5, 5.41) is 0.607. The van der Waals surface area contributed by atoms with Crippen LogP contribution in [0.2, 0.25) is 5.02 Å². The average Bonchev–Trinajstić information content (AvgIpc) is 3.46. The number of hydroxylamine groups is 1. The van der Waals surface area contributed by atoms with E-state index in [2.05, 4.69) is 20.4 Å². The number of nitrogen functional groups attached to an aromatic ring is 1. The van der Waals surface area contributed by atoms with E-state index >= 15 is 0 Å². The van der Waals surface area contributed by atoms with Gasteiger partial charge in [-0.2, -0.15) is 5.48 Å². The molecule has 12 nitrogen and oxygen atoms in total. The minimum absolute atomic E-state index is 0.00663. The van der Waals surface area contributed by atoms with Gasteiger partial charge in [-0.15, -0.1) is 0 Å². The van der Waals surface area contributed by atoms with Gasteiger partial charge in [-0.1, -0.05) is 35.9 Å². The molecule has 1 unspecified atom stereocenters. The lowest BCUT2D eigenvalue weighted by atomic mass is 10.1. The van der Waals surface area contributed by atoms with E-state index in [0.29, 0.717) is 28.4 Å². The van der Waals surface area contributed by atoms with Crippen molar-refractivity contribution in [1.29, 1.82) is 0 Å². The molecule has 3 aromatic rings. The average molecular weight is 522 g/mol. The van der Waals surface area contributed by atoms with Crippen molar-refractivity contribution < 1.29 is 23.2 Å². The summed E-state index contributed by atoms with van der Waals surface area (Å²) in [5.74, 6) is -0.667. The second kappa shape index (κ2) is 10.8. The number of hydrogen-bond donors (Lipinski definition) is 3. The molecule has 0 spiro atoms. The molecule has 1 aromatic carbocycles. The highest BCUT2D eigenvalue weighted by molar-refractivity contribution is 7.51. The molecule has 2 heterocycles. The van der Waals surface area contributed by atoms with Gasteiger partial charge in [0.05, 0.1) is 25.6 Å². The Morgan fingerprint density at radius 3 is 2.83 bits per heavy atom.